The van der Waals surface area contributed by atoms with E-state index in [9.17, 15) is 0 Å². The maximum Gasteiger partial charge on any atom is 0.115 e. The summed E-state index contributed by atoms with van der Waals surface area (Å²) in [6.45, 7) is 0. The van der Waals surface area contributed by atoms with E-state index in [-0.39, 0.29) is 0 Å². The van der Waals surface area contributed by atoms with Gasteiger partial charge in [0.2, 0.25) is 0 Å². The van der Waals surface area contributed by atoms with Gasteiger partial charge in [-0.05, 0) is 28.1 Å². The van der Waals surface area contributed by atoms with E-state index in [4.69, 9.17) is 0 Å². The smallest absolute Gasteiger partial charge is 0.115 e. The van der Waals surface area contributed by atoms with Crippen molar-refractivity contribution in [3.8, 4) is 11.3 Å². The largest absolute Gasteiger partial charge is 0.255 e. The van der Waals surface area contributed by atoms with Crippen LogP contribution in [0.2, 0.25) is 0 Å². The van der Waals surface area contributed by atoms with Gasteiger partial charge in [0.05, 0.1) is 5.69 Å². The van der Waals surface area contributed by atoms with E-state index in [1.165, 1.54) is 6.33 Å². The molecule has 13 heavy (non-hydrogen) atoms. The van der Waals surface area contributed by atoms with Crippen molar-refractivity contribution < 1.29 is 0 Å². The van der Waals surface area contributed by atoms with E-state index in [0.29, 0.717) is 0 Å². The molecule has 0 aliphatic rings. The van der Waals surface area contributed by atoms with Crippen LogP contribution in [0.5, 0.6) is 0 Å². The Hall–Kier alpha value is -1.29. The molecule has 0 atom stereocenters. The Morgan fingerprint density at radius 1 is 1.00 bits per heavy atom. The number of rotatable bonds is 1. The molecular weight excluding hydrogens is 230 g/mol. The maximum atomic E-state index is 4.22. The SMILES string of the molecule is Brc1ccc(-c2cncnc2)nc1. The molecule has 0 radical (unpaired) electrons. The first-order valence-corrected chi connectivity index (χ1v) is 4.52. The third-order valence-corrected chi connectivity index (χ3v) is 2.05. The topological polar surface area (TPSA) is 38.7 Å². The van der Waals surface area contributed by atoms with Crippen LogP contribution in [0.15, 0.2) is 41.5 Å². The van der Waals surface area contributed by atoms with Gasteiger partial charge in [-0.15, -0.1) is 0 Å². The van der Waals surface area contributed by atoms with Crippen LogP contribution in [0.1, 0.15) is 0 Å². The van der Waals surface area contributed by atoms with Gasteiger partial charge in [0.25, 0.3) is 0 Å². The molecule has 0 bridgehead atoms. The molecule has 0 unspecified atom stereocenters. The van der Waals surface area contributed by atoms with E-state index < -0.39 is 0 Å². The Morgan fingerprint density at radius 2 is 1.77 bits per heavy atom. The van der Waals surface area contributed by atoms with Gasteiger partial charge >= 0.3 is 0 Å². The molecule has 64 valence electrons. The minimum atomic E-state index is 0.879. The zero-order chi connectivity index (χ0) is 9.10. The molecule has 0 N–H and O–H groups in total. The lowest BCUT2D eigenvalue weighted by Crippen LogP contribution is -1.84. The number of nitrogens with zero attached hydrogens (tertiary/aromatic N) is 3. The fourth-order valence-electron chi connectivity index (χ4n) is 0.978. The molecule has 2 aromatic rings. The van der Waals surface area contributed by atoms with Crippen molar-refractivity contribution in [2.24, 2.45) is 0 Å². The van der Waals surface area contributed by atoms with Crippen LogP contribution in [0, 0.1) is 0 Å². The van der Waals surface area contributed by atoms with E-state index in [1.807, 2.05) is 12.1 Å². The average Bonchev–Trinajstić information content (AvgIpc) is 2.20. The van der Waals surface area contributed by atoms with Crippen LogP contribution >= 0.6 is 15.9 Å². The summed E-state index contributed by atoms with van der Waals surface area (Å²) in [5.41, 5.74) is 1.80. The van der Waals surface area contributed by atoms with Crippen LogP contribution in [-0.2, 0) is 0 Å². The lowest BCUT2D eigenvalue weighted by atomic mass is 10.2. The Labute approximate surface area is 84.0 Å². The highest BCUT2D eigenvalue weighted by Crippen LogP contribution is 2.16. The molecule has 2 heterocycles. The minimum Gasteiger partial charge on any atom is -0.255 e. The van der Waals surface area contributed by atoms with Crippen molar-refractivity contribution in [2.45, 2.75) is 0 Å². The molecule has 0 aromatic carbocycles. The number of halogens is 1. The number of hydrogen-bond donors (Lipinski definition) is 0. The van der Waals surface area contributed by atoms with Crippen LogP contribution in [0.25, 0.3) is 11.3 Å². The lowest BCUT2D eigenvalue weighted by Gasteiger charge is -1.97. The summed E-state index contributed by atoms with van der Waals surface area (Å²) in [5, 5.41) is 0. The summed E-state index contributed by atoms with van der Waals surface area (Å²) < 4.78 is 0.966. The van der Waals surface area contributed by atoms with Crippen molar-refractivity contribution in [1.82, 2.24) is 15.0 Å². The molecule has 0 spiro atoms. The second-order valence-corrected chi connectivity index (χ2v) is 3.40. The first-order valence-electron chi connectivity index (χ1n) is 3.73. The summed E-state index contributed by atoms with van der Waals surface area (Å²) in [6, 6.07) is 3.86. The normalized spacial score (nSPS) is 9.92. The molecule has 4 heteroatoms. The van der Waals surface area contributed by atoms with Gasteiger partial charge in [-0.3, -0.25) is 4.98 Å². The summed E-state index contributed by atoms with van der Waals surface area (Å²) in [4.78, 5) is 12.1. The molecule has 2 rings (SSSR count). The van der Waals surface area contributed by atoms with Crippen molar-refractivity contribution in [3.63, 3.8) is 0 Å². The highest BCUT2D eigenvalue weighted by atomic mass is 79.9. The molecule has 3 nitrogen and oxygen atoms in total. The second-order valence-electron chi connectivity index (χ2n) is 2.49. The van der Waals surface area contributed by atoms with Crippen LogP contribution < -0.4 is 0 Å². The van der Waals surface area contributed by atoms with Crippen molar-refractivity contribution in [3.05, 3.63) is 41.5 Å². The molecule has 0 fully saturated rings. The van der Waals surface area contributed by atoms with E-state index >= 15 is 0 Å². The van der Waals surface area contributed by atoms with E-state index in [1.54, 1.807) is 18.6 Å². The molecule has 2 aromatic heterocycles. The van der Waals surface area contributed by atoms with Gasteiger partial charge in [-0.1, -0.05) is 0 Å². The Morgan fingerprint density at radius 3 is 2.38 bits per heavy atom. The van der Waals surface area contributed by atoms with Crippen LogP contribution in [0.3, 0.4) is 0 Å². The first-order chi connectivity index (χ1) is 6.36. The Balaban J connectivity index is 2.42. The molecule has 0 saturated heterocycles. The summed E-state index contributed by atoms with van der Waals surface area (Å²) >= 11 is 3.32. The summed E-state index contributed by atoms with van der Waals surface area (Å²) in [5.74, 6) is 0. The average molecular weight is 236 g/mol. The van der Waals surface area contributed by atoms with Crippen molar-refractivity contribution in [1.29, 1.82) is 0 Å². The molecule has 0 aliphatic carbocycles. The quantitative estimate of drug-likeness (QED) is 0.762. The summed E-state index contributed by atoms with van der Waals surface area (Å²) in [6.07, 6.45) is 6.73. The fourth-order valence-corrected chi connectivity index (χ4v) is 1.21. The number of aromatic nitrogens is 3. The number of pyridine rings is 1. The molecule has 0 saturated carbocycles. The van der Waals surface area contributed by atoms with E-state index in [2.05, 4.69) is 30.9 Å². The van der Waals surface area contributed by atoms with Gasteiger partial charge in [-0.2, -0.15) is 0 Å². The first kappa shape index (κ1) is 8.31. The van der Waals surface area contributed by atoms with Gasteiger partial charge in [0.15, 0.2) is 0 Å². The van der Waals surface area contributed by atoms with Gasteiger partial charge in [-0.25, -0.2) is 9.97 Å². The fraction of sp³-hybridized carbons (Fsp3) is 0. The molecule has 0 aliphatic heterocycles. The predicted octanol–water partition coefficient (Wildman–Crippen LogP) is 2.30. The van der Waals surface area contributed by atoms with Crippen molar-refractivity contribution in [2.75, 3.05) is 0 Å². The molecular formula is C9H6BrN3. The Kier molecular flexibility index (Phi) is 2.31. The predicted molar refractivity (Wildman–Crippen MR) is 53.0 cm³/mol. The van der Waals surface area contributed by atoms with Crippen LogP contribution in [-0.4, -0.2) is 15.0 Å². The highest BCUT2D eigenvalue weighted by Gasteiger charge is 1.97. The van der Waals surface area contributed by atoms with Crippen LogP contribution in [0.4, 0.5) is 0 Å². The van der Waals surface area contributed by atoms with Gasteiger partial charge in [0.1, 0.15) is 6.33 Å². The third kappa shape index (κ3) is 1.89. The minimum absolute atomic E-state index is 0.879. The van der Waals surface area contributed by atoms with Crippen molar-refractivity contribution >= 4 is 15.9 Å². The molecule has 0 amide bonds. The van der Waals surface area contributed by atoms with Gasteiger partial charge < -0.3 is 0 Å². The highest BCUT2D eigenvalue weighted by molar-refractivity contribution is 9.10. The summed E-state index contributed by atoms with van der Waals surface area (Å²) in [7, 11) is 0. The van der Waals surface area contributed by atoms with Gasteiger partial charge in [0, 0.05) is 28.6 Å². The number of hydrogen-bond acceptors (Lipinski definition) is 3. The third-order valence-electron chi connectivity index (χ3n) is 1.58. The second kappa shape index (κ2) is 3.62. The lowest BCUT2D eigenvalue weighted by molar-refractivity contribution is 1.16. The van der Waals surface area contributed by atoms with E-state index in [0.717, 1.165) is 15.7 Å². The zero-order valence-electron chi connectivity index (χ0n) is 6.68. The standard InChI is InChI=1S/C9H6BrN3/c10-8-1-2-9(13-5-8)7-3-11-6-12-4-7/h1-6H. The monoisotopic (exact) mass is 235 g/mol. The zero-order valence-corrected chi connectivity index (χ0v) is 8.27. The maximum absolute atomic E-state index is 4.22. The Bertz CT molecular complexity index is 385.